The quantitative estimate of drug-likeness (QED) is 0.409. The van der Waals surface area contributed by atoms with E-state index in [9.17, 15) is 19.2 Å². The van der Waals surface area contributed by atoms with Crippen LogP contribution in [-0.2, 0) is 19.1 Å². The average Bonchev–Trinajstić information content (AvgIpc) is 3.35. The molecule has 7 heteroatoms. The first-order valence-electron chi connectivity index (χ1n) is 10.2. The molecule has 0 amide bonds. The van der Waals surface area contributed by atoms with Crippen LogP contribution in [0.2, 0.25) is 0 Å². The first-order chi connectivity index (χ1) is 15.4. The number of alkyl halides is 1. The fourth-order valence-corrected chi connectivity index (χ4v) is 3.58. The van der Waals surface area contributed by atoms with Crippen LogP contribution in [0.1, 0.15) is 25.5 Å². The van der Waals surface area contributed by atoms with Gasteiger partial charge in [-0.2, -0.15) is 5.26 Å². The molecule has 0 aromatic heterocycles. The molecule has 3 atom stereocenters. The number of ether oxygens (including phenoxy) is 3. The Hall–Kier alpha value is -3.66. The molecular weight excluding hydrogens is 413 g/mol. The molecule has 3 rings (SSSR count). The van der Waals surface area contributed by atoms with Crippen molar-refractivity contribution in [2.45, 2.75) is 20.0 Å². The Morgan fingerprint density at radius 1 is 1.16 bits per heavy atom. The van der Waals surface area contributed by atoms with Crippen LogP contribution in [0.4, 0.5) is 4.39 Å². The van der Waals surface area contributed by atoms with Crippen molar-refractivity contribution in [2.24, 2.45) is 17.3 Å². The maximum atomic E-state index is 12.8. The topological polar surface area (TPSA) is 85.6 Å². The van der Waals surface area contributed by atoms with Crippen LogP contribution < -0.4 is 4.74 Å². The Morgan fingerprint density at radius 3 is 2.56 bits per heavy atom. The van der Waals surface area contributed by atoms with Gasteiger partial charge < -0.3 is 14.2 Å². The van der Waals surface area contributed by atoms with Crippen molar-refractivity contribution in [3.63, 3.8) is 0 Å². The minimum atomic E-state index is -1.10. The molecule has 0 bridgehead atoms. The molecule has 0 N–H and O–H groups in total. The Kier molecular flexibility index (Phi) is 7.26. The van der Waals surface area contributed by atoms with Crippen molar-refractivity contribution in [2.75, 3.05) is 13.3 Å². The molecule has 166 valence electrons. The van der Waals surface area contributed by atoms with Crippen molar-refractivity contribution in [1.29, 1.82) is 5.26 Å². The van der Waals surface area contributed by atoms with Crippen molar-refractivity contribution in [3.05, 3.63) is 72.3 Å². The van der Waals surface area contributed by atoms with E-state index in [2.05, 4.69) is 4.74 Å². The monoisotopic (exact) mass is 437 g/mol. The maximum absolute atomic E-state index is 12.8. The van der Waals surface area contributed by atoms with E-state index in [1.54, 1.807) is 30.3 Å². The lowest BCUT2D eigenvalue weighted by molar-refractivity contribution is -0.149. The molecule has 1 aliphatic carbocycles. The Bertz CT molecular complexity index is 1030. The molecule has 0 heterocycles. The largest absolute Gasteiger partial charge is 0.460 e. The number of esters is 2. The van der Waals surface area contributed by atoms with Gasteiger partial charge >= 0.3 is 11.9 Å². The van der Waals surface area contributed by atoms with Crippen molar-refractivity contribution in [3.8, 4) is 17.6 Å². The zero-order chi connectivity index (χ0) is 23.1. The molecule has 6 nitrogen and oxygen atoms in total. The SMILES string of the molecule is CC1(C)[C@H](C(=O)O[C@@H](C#N)c2cccc(Oc3ccccc3)c2)[C@@H]1/C=C\C(=O)OCCF. The van der Waals surface area contributed by atoms with Gasteiger partial charge in [0.25, 0.3) is 0 Å². The highest BCUT2D eigenvalue weighted by molar-refractivity contribution is 5.83. The second kappa shape index (κ2) is 10.1. The summed E-state index contributed by atoms with van der Waals surface area (Å²) in [5.74, 6) is -0.781. The number of benzene rings is 2. The summed E-state index contributed by atoms with van der Waals surface area (Å²) >= 11 is 0. The van der Waals surface area contributed by atoms with Crippen LogP contribution in [0, 0.1) is 28.6 Å². The second-order valence-corrected chi connectivity index (χ2v) is 7.97. The predicted molar refractivity (Wildman–Crippen MR) is 114 cm³/mol. The molecule has 0 spiro atoms. The minimum absolute atomic E-state index is 0.250. The van der Waals surface area contributed by atoms with Crippen LogP contribution in [0.5, 0.6) is 11.5 Å². The minimum Gasteiger partial charge on any atom is -0.460 e. The van der Waals surface area contributed by atoms with E-state index in [1.165, 1.54) is 6.08 Å². The van der Waals surface area contributed by atoms with Gasteiger partial charge in [0.15, 0.2) is 0 Å². The van der Waals surface area contributed by atoms with Crippen LogP contribution in [0.25, 0.3) is 0 Å². The van der Waals surface area contributed by atoms with Gasteiger partial charge in [0.05, 0.1) is 5.92 Å². The number of hydrogen-bond acceptors (Lipinski definition) is 6. The van der Waals surface area contributed by atoms with Crippen LogP contribution in [0.15, 0.2) is 66.7 Å². The molecule has 0 unspecified atom stereocenters. The fraction of sp³-hybridized carbons (Fsp3) is 0.320. The van der Waals surface area contributed by atoms with Gasteiger partial charge in [-0.3, -0.25) is 4.79 Å². The van der Waals surface area contributed by atoms with E-state index >= 15 is 0 Å². The van der Waals surface area contributed by atoms with Gasteiger partial charge in [-0.05, 0) is 35.6 Å². The summed E-state index contributed by atoms with van der Waals surface area (Å²) in [5.41, 5.74) is 0.0568. The summed E-state index contributed by atoms with van der Waals surface area (Å²) in [7, 11) is 0. The maximum Gasteiger partial charge on any atom is 0.330 e. The molecule has 0 aliphatic heterocycles. The first-order valence-corrected chi connectivity index (χ1v) is 10.2. The standard InChI is InChI=1S/C25H24FNO5/c1-25(2)20(11-12-22(28)30-14-13-26)23(25)24(29)32-21(16-27)17-7-6-10-19(15-17)31-18-8-4-3-5-9-18/h3-12,15,20-21,23H,13-14H2,1-2H3/b12-11-/t20-,21-,23-/m0/s1. The third kappa shape index (κ3) is 5.52. The van der Waals surface area contributed by atoms with E-state index in [1.807, 2.05) is 50.2 Å². The zero-order valence-electron chi connectivity index (χ0n) is 17.9. The number of halogens is 1. The van der Waals surface area contributed by atoms with Crippen molar-refractivity contribution >= 4 is 11.9 Å². The lowest BCUT2D eigenvalue weighted by atomic mass is 10.1. The summed E-state index contributed by atoms with van der Waals surface area (Å²) in [6, 6.07) is 18.0. The summed E-state index contributed by atoms with van der Waals surface area (Å²) in [6.07, 6.45) is 1.67. The number of allylic oxidation sites excluding steroid dienone is 1. The first kappa shape index (κ1) is 23.0. The summed E-state index contributed by atoms with van der Waals surface area (Å²) in [4.78, 5) is 24.3. The average molecular weight is 437 g/mol. The molecule has 1 fully saturated rings. The Balaban J connectivity index is 1.65. The van der Waals surface area contributed by atoms with Gasteiger partial charge in [0.1, 0.15) is 30.8 Å². The second-order valence-electron chi connectivity index (χ2n) is 7.97. The summed E-state index contributed by atoms with van der Waals surface area (Å²) < 4.78 is 28.0. The number of nitriles is 1. The lowest BCUT2D eigenvalue weighted by Crippen LogP contribution is -2.14. The van der Waals surface area contributed by atoms with E-state index < -0.39 is 36.1 Å². The number of carbonyl (C=O) groups is 2. The molecular formula is C25H24FNO5. The lowest BCUT2D eigenvalue weighted by Gasteiger charge is -2.13. The molecule has 0 saturated heterocycles. The normalized spacial score (nSPS) is 19.6. The van der Waals surface area contributed by atoms with Gasteiger partial charge in [0.2, 0.25) is 6.10 Å². The highest BCUT2D eigenvalue weighted by Crippen LogP contribution is 2.59. The summed E-state index contributed by atoms with van der Waals surface area (Å²) in [5, 5.41) is 9.59. The molecule has 1 aliphatic rings. The fourth-order valence-electron chi connectivity index (χ4n) is 3.58. The van der Waals surface area contributed by atoms with E-state index in [4.69, 9.17) is 9.47 Å². The van der Waals surface area contributed by atoms with E-state index in [-0.39, 0.29) is 12.5 Å². The van der Waals surface area contributed by atoms with E-state index in [0.29, 0.717) is 17.1 Å². The van der Waals surface area contributed by atoms with Gasteiger partial charge in [-0.1, -0.05) is 50.3 Å². The number of rotatable bonds is 9. The highest BCUT2D eigenvalue weighted by atomic mass is 19.1. The molecule has 2 aromatic rings. The molecule has 0 radical (unpaired) electrons. The zero-order valence-corrected chi connectivity index (χ0v) is 17.9. The van der Waals surface area contributed by atoms with Gasteiger partial charge in [0, 0.05) is 11.6 Å². The third-order valence-corrected chi connectivity index (χ3v) is 5.42. The highest BCUT2D eigenvalue weighted by Gasteiger charge is 2.61. The number of para-hydroxylation sites is 1. The van der Waals surface area contributed by atoms with Crippen LogP contribution >= 0.6 is 0 Å². The molecule has 2 aromatic carbocycles. The van der Waals surface area contributed by atoms with Crippen LogP contribution in [0.3, 0.4) is 0 Å². The predicted octanol–water partition coefficient (Wildman–Crippen LogP) is 4.93. The third-order valence-electron chi connectivity index (χ3n) is 5.42. The Morgan fingerprint density at radius 2 is 1.88 bits per heavy atom. The smallest absolute Gasteiger partial charge is 0.330 e. The van der Waals surface area contributed by atoms with Crippen molar-refractivity contribution < 1.29 is 28.2 Å². The number of hydrogen-bond donors (Lipinski definition) is 0. The van der Waals surface area contributed by atoms with Crippen LogP contribution in [-0.4, -0.2) is 25.2 Å². The number of nitrogens with zero attached hydrogens (tertiary/aromatic N) is 1. The Labute approximate surface area is 186 Å². The van der Waals surface area contributed by atoms with E-state index in [0.717, 1.165) is 0 Å². The summed E-state index contributed by atoms with van der Waals surface area (Å²) in [6.45, 7) is 2.68. The van der Waals surface area contributed by atoms with Gasteiger partial charge in [-0.25, -0.2) is 9.18 Å². The van der Waals surface area contributed by atoms with Gasteiger partial charge in [-0.15, -0.1) is 0 Å². The van der Waals surface area contributed by atoms with Crippen molar-refractivity contribution in [1.82, 2.24) is 0 Å². The molecule has 1 saturated carbocycles. The number of carbonyl (C=O) groups excluding carboxylic acids is 2. The molecule has 32 heavy (non-hydrogen) atoms.